The van der Waals surface area contributed by atoms with Crippen LogP contribution in [-0.4, -0.2) is 13.0 Å². The highest BCUT2D eigenvalue weighted by molar-refractivity contribution is 6.04. The molecule has 0 saturated carbocycles. The monoisotopic (exact) mass is 335 g/mol. The van der Waals surface area contributed by atoms with E-state index in [2.05, 4.69) is 4.74 Å². The molecule has 0 atom stereocenters. The summed E-state index contributed by atoms with van der Waals surface area (Å²) < 4.78 is 84.8. The Labute approximate surface area is 125 Å². The van der Waals surface area contributed by atoms with E-state index in [4.69, 9.17) is 0 Å². The van der Waals surface area contributed by atoms with Crippen molar-refractivity contribution in [2.45, 2.75) is 0 Å². The van der Waals surface area contributed by atoms with Crippen LogP contribution in [0.25, 0.3) is 0 Å². The standard InChI is InChI=1S/C14H7F6NO2/c1-23-13-11(19)9(17)8(10(18)12(13)20)14(22)21-7-3-2-5(15)4-6(7)16/h2-4H,1H3,(H,21,22). The second-order valence-electron chi connectivity index (χ2n) is 4.24. The van der Waals surface area contributed by atoms with E-state index in [1.165, 1.54) is 0 Å². The maximum atomic E-state index is 13.7. The Morgan fingerprint density at radius 3 is 2.00 bits per heavy atom. The molecule has 0 aromatic heterocycles. The summed E-state index contributed by atoms with van der Waals surface area (Å²) in [4.78, 5) is 11.8. The zero-order chi connectivity index (χ0) is 17.3. The Balaban J connectivity index is 2.48. The van der Waals surface area contributed by atoms with Gasteiger partial charge in [0.05, 0.1) is 12.8 Å². The molecule has 2 aromatic carbocycles. The minimum Gasteiger partial charge on any atom is -0.491 e. The molecule has 9 heteroatoms. The van der Waals surface area contributed by atoms with Crippen LogP contribution < -0.4 is 10.1 Å². The quantitative estimate of drug-likeness (QED) is 0.685. The molecule has 0 spiro atoms. The van der Waals surface area contributed by atoms with Crippen molar-refractivity contribution >= 4 is 11.6 Å². The molecule has 0 saturated heterocycles. The fourth-order valence-corrected chi connectivity index (χ4v) is 1.77. The third kappa shape index (κ3) is 2.94. The van der Waals surface area contributed by atoms with Crippen LogP contribution in [0.2, 0.25) is 0 Å². The molecule has 122 valence electrons. The molecule has 0 aliphatic heterocycles. The first kappa shape index (κ1) is 16.7. The van der Waals surface area contributed by atoms with Gasteiger partial charge in [-0.3, -0.25) is 4.79 Å². The second-order valence-corrected chi connectivity index (χ2v) is 4.24. The predicted molar refractivity (Wildman–Crippen MR) is 67.1 cm³/mol. The van der Waals surface area contributed by atoms with Gasteiger partial charge < -0.3 is 10.1 Å². The topological polar surface area (TPSA) is 38.3 Å². The van der Waals surface area contributed by atoms with E-state index >= 15 is 0 Å². The Morgan fingerprint density at radius 1 is 0.957 bits per heavy atom. The number of carbonyl (C=O) groups excluding carboxylic acids is 1. The van der Waals surface area contributed by atoms with Gasteiger partial charge in [-0.05, 0) is 12.1 Å². The molecule has 2 rings (SSSR count). The lowest BCUT2D eigenvalue weighted by Crippen LogP contribution is -2.19. The lowest BCUT2D eigenvalue weighted by atomic mass is 10.1. The summed E-state index contributed by atoms with van der Waals surface area (Å²) >= 11 is 0. The Morgan fingerprint density at radius 2 is 1.52 bits per heavy atom. The molecule has 0 aliphatic carbocycles. The molecule has 0 heterocycles. The summed E-state index contributed by atoms with van der Waals surface area (Å²) in [5.41, 5.74) is -2.24. The molecule has 3 nitrogen and oxygen atoms in total. The first-order valence-corrected chi connectivity index (χ1v) is 5.94. The van der Waals surface area contributed by atoms with Crippen molar-refractivity contribution in [1.29, 1.82) is 0 Å². The van der Waals surface area contributed by atoms with E-state index < -0.39 is 57.8 Å². The maximum Gasteiger partial charge on any atom is 0.261 e. The molecule has 0 radical (unpaired) electrons. The van der Waals surface area contributed by atoms with E-state index in [1.807, 2.05) is 0 Å². The summed E-state index contributed by atoms with van der Waals surface area (Å²) in [5.74, 6) is -13.1. The summed E-state index contributed by atoms with van der Waals surface area (Å²) in [6.45, 7) is 0. The van der Waals surface area contributed by atoms with Crippen LogP contribution in [0.3, 0.4) is 0 Å². The van der Waals surface area contributed by atoms with E-state index in [9.17, 15) is 31.1 Å². The lowest BCUT2D eigenvalue weighted by Gasteiger charge is -2.11. The van der Waals surface area contributed by atoms with Crippen LogP contribution >= 0.6 is 0 Å². The molecule has 0 unspecified atom stereocenters. The highest BCUT2D eigenvalue weighted by Crippen LogP contribution is 2.30. The number of anilines is 1. The van der Waals surface area contributed by atoms with Crippen LogP contribution in [0, 0.1) is 34.9 Å². The Bertz CT molecular complexity index is 764. The highest BCUT2D eigenvalue weighted by atomic mass is 19.2. The first-order chi connectivity index (χ1) is 10.8. The number of carbonyl (C=O) groups is 1. The average Bonchev–Trinajstić information content (AvgIpc) is 2.49. The molecule has 1 N–H and O–H groups in total. The van der Waals surface area contributed by atoms with Gasteiger partial charge in [0.25, 0.3) is 5.91 Å². The normalized spacial score (nSPS) is 10.6. The largest absolute Gasteiger partial charge is 0.491 e. The van der Waals surface area contributed by atoms with Crippen LogP contribution in [0.5, 0.6) is 5.75 Å². The molecule has 0 bridgehead atoms. The van der Waals surface area contributed by atoms with Crippen molar-refractivity contribution < 1.29 is 35.9 Å². The second kappa shape index (κ2) is 6.19. The van der Waals surface area contributed by atoms with Gasteiger partial charge in [0.2, 0.25) is 11.6 Å². The van der Waals surface area contributed by atoms with Gasteiger partial charge >= 0.3 is 0 Å². The lowest BCUT2D eigenvalue weighted by molar-refractivity contribution is 0.101. The Kier molecular flexibility index (Phi) is 4.48. The number of nitrogens with one attached hydrogen (secondary N) is 1. The molecule has 1 amide bonds. The molecule has 23 heavy (non-hydrogen) atoms. The molecule has 0 fully saturated rings. The SMILES string of the molecule is COc1c(F)c(F)c(C(=O)Nc2ccc(F)cc2F)c(F)c1F. The number of amides is 1. The third-order valence-electron chi connectivity index (χ3n) is 2.83. The molecular weight excluding hydrogens is 328 g/mol. The zero-order valence-corrected chi connectivity index (χ0v) is 11.3. The Hall–Kier alpha value is -2.71. The van der Waals surface area contributed by atoms with Gasteiger partial charge in [-0.1, -0.05) is 0 Å². The maximum absolute atomic E-state index is 13.7. The minimum absolute atomic E-state index is 0.400. The smallest absolute Gasteiger partial charge is 0.261 e. The van der Waals surface area contributed by atoms with Gasteiger partial charge in [-0.2, -0.15) is 8.78 Å². The van der Waals surface area contributed by atoms with Crippen molar-refractivity contribution in [2.24, 2.45) is 0 Å². The summed E-state index contributed by atoms with van der Waals surface area (Å²) in [6.07, 6.45) is 0. The summed E-state index contributed by atoms with van der Waals surface area (Å²) in [6, 6.07) is 1.94. The van der Waals surface area contributed by atoms with Gasteiger partial charge in [-0.25, -0.2) is 17.6 Å². The van der Waals surface area contributed by atoms with Crippen LogP contribution in [-0.2, 0) is 0 Å². The van der Waals surface area contributed by atoms with Gasteiger partial charge in [0.15, 0.2) is 17.4 Å². The molecule has 2 aromatic rings. The van der Waals surface area contributed by atoms with E-state index in [0.29, 0.717) is 6.07 Å². The number of hydrogen-bond donors (Lipinski definition) is 1. The molecule has 0 aliphatic rings. The van der Waals surface area contributed by atoms with Gasteiger partial charge in [-0.15, -0.1) is 0 Å². The fraction of sp³-hybridized carbons (Fsp3) is 0.0714. The average molecular weight is 335 g/mol. The number of ether oxygens (including phenoxy) is 1. The van der Waals surface area contributed by atoms with Crippen LogP contribution in [0.1, 0.15) is 10.4 Å². The van der Waals surface area contributed by atoms with E-state index in [1.54, 1.807) is 5.32 Å². The van der Waals surface area contributed by atoms with E-state index in [-0.39, 0.29) is 0 Å². The zero-order valence-electron chi connectivity index (χ0n) is 11.3. The van der Waals surface area contributed by atoms with Crippen LogP contribution in [0.4, 0.5) is 32.0 Å². The number of hydrogen-bond acceptors (Lipinski definition) is 2. The van der Waals surface area contributed by atoms with Crippen molar-refractivity contribution in [3.63, 3.8) is 0 Å². The third-order valence-corrected chi connectivity index (χ3v) is 2.83. The number of halogens is 6. The number of benzene rings is 2. The first-order valence-electron chi connectivity index (χ1n) is 5.94. The van der Waals surface area contributed by atoms with Crippen molar-refractivity contribution in [3.8, 4) is 5.75 Å². The predicted octanol–water partition coefficient (Wildman–Crippen LogP) is 3.78. The van der Waals surface area contributed by atoms with Crippen molar-refractivity contribution in [3.05, 3.63) is 58.7 Å². The minimum atomic E-state index is -2.01. The van der Waals surface area contributed by atoms with E-state index in [0.717, 1.165) is 19.2 Å². The van der Waals surface area contributed by atoms with Crippen LogP contribution in [0.15, 0.2) is 18.2 Å². The van der Waals surface area contributed by atoms with Gasteiger partial charge in [0, 0.05) is 6.07 Å². The summed E-state index contributed by atoms with van der Waals surface area (Å²) in [7, 11) is 0.772. The number of rotatable bonds is 3. The van der Waals surface area contributed by atoms with Crippen molar-refractivity contribution in [2.75, 3.05) is 12.4 Å². The number of methoxy groups -OCH3 is 1. The fourth-order valence-electron chi connectivity index (χ4n) is 1.77. The molecular formula is C14H7F6NO2. The summed E-state index contributed by atoms with van der Waals surface area (Å²) in [5, 5.41) is 1.69. The highest BCUT2D eigenvalue weighted by Gasteiger charge is 2.30. The van der Waals surface area contributed by atoms with Crippen molar-refractivity contribution in [1.82, 2.24) is 0 Å². The van der Waals surface area contributed by atoms with Gasteiger partial charge in [0.1, 0.15) is 17.2 Å².